The number of rotatable bonds is 5. The summed E-state index contributed by atoms with van der Waals surface area (Å²) in [7, 11) is 2.27. The highest BCUT2D eigenvalue weighted by atomic mass is 35.5. The Labute approximate surface area is 169 Å². The normalized spacial score (nSPS) is 10.4. The number of nitrogens with zero attached hydrogens (tertiary/aromatic N) is 3. The minimum absolute atomic E-state index is 0.0391. The molecule has 29 heavy (non-hydrogen) atoms. The standard InChI is InChI=1S/C19H14ClN3O6/c1-28-18(24)15-16(13-10-11(20)8-9-14(13)23(26)27)21-22(17(15)19(25)29-2)12-6-4-3-5-7-12/h3-10H,1-2H3. The number of benzene rings is 2. The van der Waals surface area contributed by atoms with E-state index >= 15 is 0 Å². The van der Waals surface area contributed by atoms with Crippen molar-refractivity contribution in [1.29, 1.82) is 0 Å². The molecule has 1 heterocycles. The van der Waals surface area contributed by atoms with E-state index in [4.69, 9.17) is 21.1 Å². The van der Waals surface area contributed by atoms with Crippen LogP contribution >= 0.6 is 11.6 Å². The van der Waals surface area contributed by atoms with Crippen molar-refractivity contribution in [2.45, 2.75) is 0 Å². The monoisotopic (exact) mass is 415 g/mol. The molecular formula is C19H14ClN3O6. The van der Waals surface area contributed by atoms with E-state index in [0.717, 1.165) is 14.2 Å². The van der Waals surface area contributed by atoms with Crippen LogP contribution in [0.5, 0.6) is 0 Å². The van der Waals surface area contributed by atoms with Crippen LogP contribution in [-0.2, 0) is 9.47 Å². The molecule has 0 atom stereocenters. The Hall–Kier alpha value is -3.72. The number of hydrogen-bond donors (Lipinski definition) is 0. The third-order valence-electron chi connectivity index (χ3n) is 4.06. The molecule has 0 aliphatic carbocycles. The molecule has 9 nitrogen and oxygen atoms in total. The van der Waals surface area contributed by atoms with Crippen molar-refractivity contribution in [3.8, 4) is 16.9 Å². The fourth-order valence-corrected chi connectivity index (χ4v) is 2.97. The van der Waals surface area contributed by atoms with Gasteiger partial charge in [0.05, 0.1) is 30.4 Å². The van der Waals surface area contributed by atoms with E-state index in [1.807, 2.05) is 0 Å². The number of methoxy groups -OCH3 is 2. The summed E-state index contributed by atoms with van der Waals surface area (Å²) in [6, 6.07) is 12.3. The molecule has 0 bridgehead atoms. The Morgan fingerprint density at radius 1 is 1.07 bits per heavy atom. The summed E-state index contributed by atoms with van der Waals surface area (Å²) in [6.07, 6.45) is 0. The summed E-state index contributed by atoms with van der Waals surface area (Å²) < 4.78 is 10.8. The maximum atomic E-state index is 12.6. The molecule has 2 aromatic carbocycles. The first-order valence-corrected chi connectivity index (χ1v) is 8.56. The number of ether oxygens (including phenoxy) is 2. The average molecular weight is 416 g/mol. The molecule has 3 aromatic rings. The Balaban J connectivity index is 2.44. The zero-order valence-electron chi connectivity index (χ0n) is 15.3. The van der Waals surface area contributed by atoms with E-state index in [0.29, 0.717) is 5.69 Å². The lowest BCUT2D eigenvalue weighted by molar-refractivity contribution is -0.384. The predicted molar refractivity (Wildman–Crippen MR) is 103 cm³/mol. The second-order valence-corrected chi connectivity index (χ2v) is 6.16. The van der Waals surface area contributed by atoms with Gasteiger partial charge in [0.15, 0.2) is 5.69 Å². The number of aromatic nitrogens is 2. The molecule has 0 saturated carbocycles. The third-order valence-corrected chi connectivity index (χ3v) is 4.30. The van der Waals surface area contributed by atoms with Crippen molar-refractivity contribution in [2.75, 3.05) is 14.2 Å². The van der Waals surface area contributed by atoms with Gasteiger partial charge in [0.2, 0.25) is 0 Å². The van der Waals surface area contributed by atoms with E-state index in [1.54, 1.807) is 30.3 Å². The Morgan fingerprint density at radius 2 is 1.72 bits per heavy atom. The van der Waals surface area contributed by atoms with Crippen LogP contribution in [-0.4, -0.2) is 40.9 Å². The predicted octanol–water partition coefficient (Wildman–Crippen LogP) is 3.67. The van der Waals surface area contributed by atoms with Crippen LogP contribution in [0.4, 0.5) is 5.69 Å². The first kappa shape index (κ1) is 20.0. The minimum atomic E-state index is -0.906. The molecule has 0 aliphatic heterocycles. The van der Waals surface area contributed by atoms with Crippen molar-refractivity contribution < 1.29 is 24.0 Å². The number of halogens is 1. The molecule has 0 radical (unpaired) electrons. The Kier molecular flexibility index (Phi) is 5.60. The molecule has 148 valence electrons. The van der Waals surface area contributed by atoms with Crippen molar-refractivity contribution in [3.05, 3.63) is 74.9 Å². The molecule has 0 N–H and O–H groups in total. The van der Waals surface area contributed by atoms with Gasteiger partial charge < -0.3 is 9.47 Å². The molecule has 1 aromatic heterocycles. The van der Waals surface area contributed by atoms with E-state index in [9.17, 15) is 19.7 Å². The highest BCUT2D eigenvalue weighted by molar-refractivity contribution is 6.31. The van der Waals surface area contributed by atoms with Crippen molar-refractivity contribution in [2.24, 2.45) is 0 Å². The largest absolute Gasteiger partial charge is 0.465 e. The van der Waals surface area contributed by atoms with Gasteiger partial charge in [-0.05, 0) is 24.3 Å². The molecule has 10 heteroatoms. The molecule has 0 saturated heterocycles. The van der Waals surface area contributed by atoms with E-state index in [-0.39, 0.29) is 33.2 Å². The van der Waals surface area contributed by atoms with E-state index in [2.05, 4.69) is 5.10 Å². The lowest BCUT2D eigenvalue weighted by Gasteiger charge is -2.07. The number of nitro groups is 1. The summed E-state index contributed by atoms with van der Waals surface area (Å²) in [6.45, 7) is 0. The van der Waals surface area contributed by atoms with E-state index in [1.165, 1.54) is 22.9 Å². The third kappa shape index (κ3) is 3.67. The number of nitro benzene ring substituents is 1. The first-order chi connectivity index (χ1) is 13.9. The highest BCUT2D eigenvalue weighted by Gasteiger charge is 2.33. The Morgan fingerprint density at radius 3 is 2.31 bits per heavy atom. The molecule has 0 amide bonds. The fourth-order valence-electron chi connectivity index (χ4n) is 2.80. The maximum Gasteiger partial charge on any atom is 0.357 e. The summed E-state index contributed by atoms with van der Waals surface area (Å²) in [5.74, 6) is -1.77. The van der Waals surface area contributed by atoms with Crippen LogP contribution < -0.4 is 0 Å². The SMILES string of the molecule is COC(=O)c1c(-c2cc(Cl)ccc2[N+](=O)[O-])nn(-c2ccccc2)c1C(=O)OC. The zero-order chi connectivity index (χ0) is 21.1. The second-order valence-electron chi connectivity index (χ2n) is 5.72. The number of esters is 2. The summed E-state index contributed by atoms with van der Waals surface area (Å²) in [5, 5.41) is 16.0. The lowest BCUT2D eigenvalue weighted by atomic mass is 10.0. The van der Waals surface area contributed by atoms with Gasteiger partial charge in [0, 0.05) is 11.1 Å². The fraction of sp³-hybridized carbons (Fsp3) is 0.105. The van der Waals surface area contributed by atoms with Gasteiger partial charge in [-0.1, -0.05) is 29.8 Å². The topological polar surface area (TPSA) is 114 Å². The van der Waals surface area contributed by atoms with Crippen molar-refractivity contribution in [3.63, 3.8) is 0 Å². The lowest BCUT2D eigenvalue weighted by Crippen LogP contribution is -2.15. The van der Waals surface area contributed by atoms with Gasteiger partial charge in [-0.3, -0.25) is 10.1 Å². The molecule has 0 aliphatic rings. The van der Waals surface area contributed by atoms with Crippen LogP contribution in [0.15, 0.2) is 48.5 Å². The van der Waals surface area contributed by atoms with Gasteiger partial charge in [0.25, 0.3) is 5.69 Å². The number of carbonyl (C=O) groups is 2. The van der Waals surface area contributed by atoms with Gasteiger partial charge >= 0.3 is 11.9 Å². The molecule has 0 fully saturated rings. The Bertz CT molecular complexity index is 1110. The number of hydrogen-bond acceptors (Lipinski definition) is 7. The number of carbonyl (C=O) groups excluding carboxylic acids is 2. The van der Waals surface area contributed by atoms with Gasteiger partial charge in [-0.2, -0.15) is 5.10 Å². The molecular weight excluding hydrogens is 402 g/mol. The molecule has 0 spiro atoms. The molecule has 3 rings (SSSR count). The van der Waals surface area contributed by atoms with Crippen LogP contribution in [0.3, 0.4) is 0 Å². The van der Waals surface area contributed by atoms with Crippen LogP contribution in [0, 0.1) is 10.1 Å². The summed E-state index contributed by atoms with van der Waals surface area (Å²) in [5.41, 5.74) is -0.566. The van der Waals surface area contributed by atoms with Gasteiger partial charge in [0.1, 0.15) is 11.3 Å². The smallest absolute Gasteiger partial charge is 0.357 e. The summed E-state index contributed by atoms with van der Waals surface area (Å²) in [4.78, 5) is 36.0. The number of para-hydroxylation sites is 1. The van der Waals surface area contributed by atoms with Crippen molar-refractivity contribution in [1.82, 2.24) is 9.78 Å². The quantitative estimate of drug-likeness (QED) is 0.354. The highest BCUT2D eigenvalue weighted by Crippen LogP contribution is 2.36. The zero-order valence-corrected chi connectivity index (χ0v) is 16.0. The van der Waals surface area contributed by atoms with Gasteiger partial charge in [-0.25, -0.2) is 14.3 Å². The maximum absolute atomic E-state index is 12.6. The minimum Gasteiger partial charge on any atom is -0.465 e. The molecule has 0 unspecified atom stereocenters. The average Bonchev–Trinajstić information content (AvgIpc) is 3.13. The first-order valence-electron chi connectivity index (χ1n) is 8.18. The van der Waals surface area contributed by atoms with Crippen molar-refractivity contribution >= 4 is 29.2 Å². The van der Waals surface area contributed by atoms with Crippen LogP contribution in [0.1, 0.15) is 20.8 Å². The van der Waals surface area contributed by atoms with Crippen LogP contribution in [0.2, 0.25) is 5.02 Å². The van der Waals surface area contributed by atoms with Crippen LogP contribution in [0.25, 0.3) is 16.9 Å². The van der Waals surface area contributed by atoms with Gasteiger partial charge in [-0.15, -0.1) is 0 Å². The van der Waals surface area contributed by atoms with E-state index < -0.39 is 16.9 Å². The summed E-state index contributed by atoms with van der Waals surface area (Å²) >= 11 is 6.03. The second kappa shape index (κ2) is 8.11.